The maximum atomic E-state index is 13.3. The fourth-order valence-electron chi connectivity index (χ4n) is 3.67. The van der Waals surface area contributed by atoms with E-state index in [0.717, 1.165) is 54.7 Å². The number of hydrogen-bond donors (Lipinski definition) is 0. The summed E-state index contributed by atoms with van der Waals surface area (Å²) in [6.45, 7) is 4.14. The molecule has 158 valence electrons. The Balaban J connectivity index is 1.83. The minimum Gasteiger partial charge on any atom is -0.300 e. The standard InChI is InChI=1S/C25H29ClN2O2/c1-3-4-5-8-21(29)9-6-7-10-24-27-23-17-18(2)11-16-22(23)25(30)28(24)20-14-12-19(26)13-15-20/h11-17H,3-10H2,1-2H3. The summed E-state index contributed by atoms with van der Waals surface area (Å²) in [6, 6.07) is 13.0. The molecular formula is C25H29ClN2O2. The van der Waals surface area contributed by atoms with E-state index in [2.05, 4.69) is 6.92 Å². The third-order valence-electron chi connectivity index (χ3n) is 5.34. The van der Waals surface area contributed by atoms with Crippen LogP contribution in [0.25, 0.3) is 16.6 Å². The monoisotopic (exact) mass is 424 g/mol. The normalized spacial score (nSPS) is 11.2. The van der Waals surface area contributed by atoms with Gasteiger partial charge in [-0.05, 0) is 68.1 Å². The van der Waals surface area contributed by atoms with Gasteiger partial charge in [0.2, 0.25) is 0 Å². The molecule has 0 bridgehead atoms. The molecule has 0 unspecified atom stereocenters. The van der Waals surface area contributed by atoms with Crippen LogP contribution in [0.2, 0.25) is 5.02 Å². The van der Waals surface area contributed by atoms with Gasteiger partial charge in [-0.25, -0.2) is 4.98 Å². The highest BCUT2D eigenvalue weighted by Gasteiger charge is 2.13. The molecule has 0 aliphatic carbocycles. The molecule has 30 heavy (non-hydrogen) atoms. The molecule has 0 amide bonds. The van der Waals surface area contributed by atoms with Gasteiger partial charge >= 0.3 is 0 Å². The number of nitrogens with zero attached hydrogens (tertiary/aromatic N) is 2. The van der Waals surface area contributed by atoms with Crippen molar-refractivity contribution in [3.63, 3.8) is 0 Å². The van der Waals surface area contributed by atoms with E-state index in [-0.39, 0.29) is 5.56 Å². The number of aryl methyl sites for hydroxylation is 2. The van der Waals surface area contributed by atoms with Crippen LogP contribution in [-0.4, -0.2) is 15.3 Å². The van der Waals surface area contributed by atoms with E-state index in [9.17, 15) is 9.59 Å². The van der Waals surface area contributed by atoms with Crippen LogP contribution < -0.4 is 5.56 Å². The summed E-state index contributed by atoms with van der Waals surface area (Å²) in [5.74, 6) is 1.06. The third kappa shape index (κ3) is 5.57. The van der Waals surface area contributed by atoms with Crippen molar-refractivity contribution < 1.29 is 4.79 Å². The number of benzene rings is 2. The second kappa shape index (κ2) is 10.5. The Morgan fingerprint density at radius 2 is 1.70 bits per heavy atom. The molecule has 0 N–H and O–H groups in total. The highest BCUT2D eigenvalue weighted by atomic mass is 35.5. The highest BCUT2D eigenvalue weighted by Crippen LogP contribution is 2.18. The zero-order chi connectivity index (χ0) is 21.5. The Hall–Kier alpha value is -2.46. The number of fused-ring (bicyclic) bond motifs is 1. The van der Waals surface area contributed by atoms with E-state index in [1.54, 1.807) is 16.7 Å². The van der Waals surface area contributed by atoms with Crippen LogP contribution in [0.3, 0.4) is 0 Å². The SMILES string of the molecule is CCCCCC(=O)CCCCc1nc2cc(C)ccc2c(=O)n1-c1ccc(Cl)cc1. The first-order valence-corrected chi connectivity index (χ1v) is 11.2. The summed E-state index contributed by atoms with van der Waals surface area (Å²) in [4.78, 5) is 30.1. The first-order valence-electron chi connectivity index (χ1n) is 10.8. The smallest absolute Gasteiger partial charge is 0.265 e. The van der Waals surface area contributed by atoms with Crippen molar-refractivity contribution in [2.24, 2.45) is 0 Å². The molecule has 0 atom stereocenters. The van der Waals surface area contributed by atoms with Crippen molar-refractivity contribution in [1.29, 1.82) is 0 Å². The largest absolute Gasteiger partial charge is 0.300 e. The Morgan fingerprint density at radius 3 is 2.40 bits per heavy atom. The molecular weight excluding hydrogens is 396 g/mol. The maximum Gasteiger partial charge on any atom is 0.265 e. The van der Waals surface area contributed by atoms with Gasteiger partial charge in [-0.1, -0.05) is 37.4 Å². The third-order valence-corrected chi connectivity index (χ3v) is 5.60. The van der Waals surface area contributed by atoms with Crippen LogP contribution in [0.5, 0.6) is 0 Å². The molecule has 0 radical (unpaired) electrons. The molecule has 0 aliphatic rings. The number of hydrogen-bond acceptors (Lipinski definition) is 3. The number of ketones is 1. The number of halogens is 1. The fraction of sp³-hybridized carbons (Fsp3) is 0.400. The van der Waals surface area contributed by atoms with Crippen molar-refractivity contribution >= 4 is 28.3 Å². The van der Waals surface area contributed by atoms with Crippen LogP contribution >= 0.6 is 11.6 Å². The number of carbonyl (C=O) groups excluding carboxylic acids is 1. The van der Waals surface area contributed by atoms with Crippen molar-refractivity contribution in [1.82, 2.24) is 9.55 Å². The second-order valence-corrected chi connectivity index (χ2v) is 8.30. The minimum atomic E-state index is -0.0760. The first-order chi connectivity index (χ1) is 14.5. The molecule has 3 aromatic rings. The predicted molar refractivity (Wildman–Crippen MR) is 124 cm³/mol. The zero-order valence-electron chi connectivity index (χ0n) is 17.8. The molecule has 0 saturated carbocycles. The lowest BCUT2D eigenvalue weighted by atomic mass is 10.1. The number of Topliss-reactive ketones (excluding diaryl/α,β-unsaturated/α-hetero) is 1. The van der Waals surface area contributed by atoms with Crippen molar-refractivity contribution in [3.05, 3.63) is 69.2 Å². The van der Waals surface area contributed by atoms with Gasteiger partial charge in [0.25, 0.3) is 5.56 Å². The molecule has 0 saturated heterocycles. The minimum absolute atomic E-state index is 0.0760. The van der Waals surface area contributed by atoms with Gasteiger partial charge in [0.15, 0.2) is 0 Å². The predicted octanol–water partition coefficient (Wildman–Crippen LogP) is 6.21. The Bertz CT molecular complexity index is 1070. The summed E-state index contributed by atoms with van der Waals surface area (Å²) < 4.78 is 1.68. The van der Waals surface area contributed by atoms with Crippen LogP contribution in [0.1, 0.15) is 63.3 Å². The molecule has 3 rings (SSSR count). The molecule has 1 heterocycles. The fourth-order valence-corrected chi connectivity index (χ4v) is 3.79. The summed E-state index contributed by atoms with van der Waals surface area (Å²) in [7, 11) is 0. The lowest BCUT2D eigenvalue weighted by Gasteiger charge is -2.14. The molecule has 0 fully saturated rings. The van der Waals surface area contributed by atoms with Gasteiger partial charge in [-0.2, -0.15) is 0 Å². The molecule has 0 spiro atoms. The highest BCUT2D eigenvalue weighted by molar-refractivity contribution is 6.30. The number of carbonyl (C=O) groups is 1. The first kappa shape index (κ1) is 22.2. The van der Waals surface area contributed by atoms with Gasteiger partial charge in [0, 0.05) is 24.3 Å². The molecule has 4 nitrogen and oxygen atoms in total. The van der Waals surface area contributed by atoms with Crippen LogP contribution in [0.15, 0.2) is 47.3 Å². The molecule has 5 heteroatoms. The van der Waals surface area contributed by atoms with Crippen molar-refractivity contribution in [3.8, 4) is 5.69 Å². The topological polar surface area (TPSA) is 52.0 Å². The van der Waals surface area contributed by atoms with E-state index in [4.69, 9.17) is 16.6 Å². The van der Waals surface area contributed by atoms with E-state index >= 15 is 0 Å². The summed E-state index contributed by atoms with van der Waals surface area (Å²) in [5.41, 5.74) is 2.47. The van der Waals surface area contributed by atoms with E-state index < -0.39 is 0 Å². The van der Waals surface area contributed by atoms with Crippen molar-refractivity contribution in [2.45, 2.75) is 65.2 Å². The molecule has 2 aromatic carbocycles. The summed E-state index contributed by atoms with van der Waals surface area (Å²) in [5, 5.41) is 1.23. The molecule has 0 aliphatic heterocycles. The maximum absolute atomic E-state index is 13.3. The van der Waals surface area contributed by atoms with E-state index in [0.29, 0.717) is 35.5 Å². The van der Waals surface area contributed by atoms with Crippen LogP contribution in [-0.2, 0) is 11.2 Å². The Labute approximate surface area is 182 Å². The van der Waals surface area contributed by atoms with Gasteiger partial charge in [0.1, 0.15) is 11.6 Å². The molecule has 1 aromatic heterocycles. The quantitative estimate of drug-likeness (QED) is 0.363. The van der Waals surface area contributed by atoms with Gasteiger partial charge in [-0.15, -0.1) is 0 Å². The van der Waals surface area contributed by atoms with Crippen LogP contribution in [0.4, 0.5) is 0 Å². The van der Waals surface area contributed by atoms with E-state index in [1.807, 2.05) is 37.3 Å². The van der Waals surface area contributed by atoms with Crippen molar-refractivity contribution in [2.75, 3.05) is 0 Å². The number of rotatable bonds is 10. The second-order valence-electron chi connectivity index (χ2n) is 7.87. The zero-order valence-corrected chi connectivity index (χ0v) is 18.5. The van der Waals surface area contributed by atoms with Gasteiger partial charge in [-0.3, -0.25) is 14.2 Å². The average Bonchev–Trinajstić information content (AvgIpc) is 2.72. The number of unbranched alkanes of at least 4 members (excludes halogenated alkanes) is 3. The summed E-state index contributed by atoms with van der Waals surface area (Å²) in [6.07, 6.45) is 6.77. The van der Waals surface area contributed by atoms with Crippen LogP contribution in [0, 0.1) is 6.92 Å². The summed E-state index contributed by atoms with van der Waals surface area (Å²) >= 11 is 6.03. The van der Waals surface area contributed by atoms with Gasteiger partial charge in [0.05, 0.1) is 16.6 Å². The van der Waals surface area contributed by atoms with Gasteiger partial charge < -0.3 is 0 Å². The Kier molecular flexibility index (Phi) is 7.81. The lowest BCUT2D eigenvalue weighted by molar-refractivity contribution is -0.119. The number of aromatic nitrogens is 2. The Morgan fingerprint density at radius 1 is 1.00 bits per heavy atom. The average molecular weight is 425 g/mol. The van der Waals surface area contributed by atoms with E-state index in [1.165, 1.54) is 0 Å². The lowest BCUT2D eigenvalue weighted by Crippen LogP contribution is -2.24.